The van der Waals surface area contributed by atoms with E-state index in [1.54, 1.807) is 0 Å². The first kappa shape index (κ1) is 13.4. The van der Waals surface area contributed by atoms with Gasteiger partial charge in [-0.1, -0.05) is 13.8 Å². The van der Waals surface area contributed by atoms with Gasteiger partial charge in [0.15, 0.2) is 5.11 Å². The van der Waals surface area contributed by atoms with Crippen LogP contribution in [0.25, 0.3) is 0 Å². The zero-order valence-electron chi connectivity index (χ0n) is 10.3. The fraction of sp³-hybridized carbons (Fsp3) is 0.833. The molecular formula is C12H22N2OS. The Hall–Kier alpha value is -0.640. The van der Waals surface area contributed by atoms with Crippen LogP contribution in [0.3, 0.4) is 0 Å². The van der Waals surface area contributed by atoms with Crippen molar-refractivity contribution in [3.05, 3.63) is 0 Å². The van der Waals surface area contributed by atoms with Crippen LogP contribution in [-0.2, 0) is 4.79 Å². The SMILES string of the molecule is CC(C)CCC(=O)NC(=S)N1CCCCC1. The van der Waals surface area contributed by atoms with E-state index in [1.165, 1.54) is 19.3 Å². The molecule has 1 aliphatic rings. The molecule has 92 valence electrons. The van der Waals surface area contributed by atoms with E-state index < -0.39 is 0 Å². The van der Waals surface area contributed by atoms with Crippen LogP contribution in [0.2, 0.25) is 0 Å². The first-order chi connectivity index (χ1) is 7.59. The van der Waals surface area contributed by atoms with Crippen molar-refractivity contribution in [2.24, 2.45) is 5.92 Å². The van der Waals surface area contributed by atoms with Crippen LogP contribution in [0.5, 0.6) is 0 Å². The summed E-state index contributed by atoms with van der Waals surface area (Å²) in [6.07, 6.45) is 5.14. The Labute approximate surface area is 104 Å². The van der Waals surface area contributed by atoms with Gasteiger partial charge < -0.3 is 10.2 Å². The molecule has 0 atom stereocenters. The number of nitrogens with zero attached hydrogens (tertiary/aromatic N) is 1. The van der Waals surface area contributed by atoms with Crippen molar-refractivity contribution in [3.63, 3.8) is 0 Å². The van der Waals surface area contributed by atoms with Crippen molar-refractivity contribution in [2.45, 2.75) is 46.0 Å². The molecule has 1 saturated heterocycles. The van der Waals surface area contributed by atoms with Crippen LogP contribution in [0.15, 0.2) is 0 Å². The summed E-state index contributed by atoms with van der Waals surface area (Å²) in [4.78, 5) is 13.7. The summed E-state index contributed by atoms with van der Waals surface area (Å²) >= 11 is 5.22. The second-order valence-electron chi connectivity index (χ2n) is 4.83. The number of rotatable bonds is 3. The molecule has 0 bridgehead atoms. The summed E-state index contributed by atoms with van der Waals surface area (Å²) in [5.41, 5.74) is 0. The molecule has 0 unspecified atom stereocenters. The lowest BCUT2D eigenvalue weighted by Gasteiger charge is -2.28. The first-order valence-electron chi connectivity index (χ1n) is 6.18. The molecule has 1 heterocycles. The maximum atomic E-state index is 11.6. The lowest BCUT2D eigenvalue weighted by atomic mass is 10.1. The minimum Gasteiger partial charge on any atom is -0.349 e. The van der Waals surface area contributed by atoms with Gasteiger partial charge in [0, 0.05) is 19.5 Å². The summed E-state index contributed by atoms with van der Waals surface area (Å²) < 4.78 is 0. The zero-order valence-corrected chi connectivity index (χ0v) is 11.1. The lowest BCUT2D eigenvalue weighted by molar-refractivity contribution is -0.120. The second kappa shape index (κ2) is 6.84. The standard InChI is InChI=1S/C12H22N2OS/c1-10(2)6-7-11(15)13-12(16)14-8-4-3-5-9-14/h10H,3-9H2,1-2H3,(H,13,15,16). The quantitative estimate of drug-likeness (QED) is 0.771. The number of thiocarbonyl (C=S) groups is 1. The van der Waals surface area contributed by atoms with Crippen molar-refractivity contribution in [2.75, 3.05) is 13.1 Å². The molecule has 0 aromatic carbocycles. The molecule has 0 saturated carbocycles. The predicted octanol–water partition coefficient (Wildman–Crippen LogP) is 2.31. The van der Waals surface area contributed by atoms with Gasteiger partial charge in [-0.2, -0.15) is 0 Å². The fourth-order valence-electron chi connectivity index (χ4n) is 1.78. The Morgan fingerprint density at radius 3 is 2.50 bits per heavy atom. The van der Waals surface area contributed by atoms with Gasteiger partial charge in [-0.05, 0) is 43.8 Å². The van der Waals surface area contributed by atoms with Gasteiger partial charge in [0.05, 0.1) is 0 Å². The van der Waals surface area contributed by atoms with E-state index in [4.69, 9.17) is 12.2 Å². The summed E-state index contributed by atoms with van der Waals surface area (Å²) in [7, 11) is 0. The molecule has 1 fully saturated rings. The molecule has 16 heavy (non-hydrogen) atoms. The number of carbonyl (C=O) groups excluding carboxylic acids is 1. The van der Waals surface area contributed by atoms with E-state index in [9.17, 15) is 4.79 Å². The fourth-order valence-corrected chi connectivity index (χ4v) is 2.07. The highest BCUT2D eigenvalue weighted by Crippen LogP contribution is 2.09. The van der Waals surface area contributed by atoms with E-state index >= 15 is 0 Å². The van der Waals surface area contributed by atoms with Crippen LogP contribution < -0.4 is 5.32 Å². The molecule has 1 rings (SSSR count). The zero-order chi connectivity index (χ0) is 12.0. The monoisotopic (exact) mass is 242 g/mol. The van der Waals surface area contributed by atoms with E-state index in [-0.39, 0.29) is 5.91 Å². The number of amides is 1. The summed E-state index contributed by atoms with van der Waals surface area (Å²) in [5.74, 6) is 0.624. The van der Waals surface area contributed by atoms with Gasteiger partial charge in [-0.15, -0.1) is 0 Å². The highest BCUT2D eigenvalue weighted by molar-refractivity contribution is 7.80. The third-order valence-corrected chi connectivity index (χ3v) is 3.20. The minimum absolute atomic E-state index is 0.0595. The van der Waals surface area contributed by atoms with Gasteiger partial charge in [-0.25, -0.2) is 0 Å². The molecule has 0 aromatic rings. The average Bonchev–Trinajstić information content (AvgIpc) is 2.27. The first-order valence-corrected chi connectivity index (χ1v) is 6.59. The Kier molecular flexibility index (Phi) is 5.74. The number of carbonyl (C=O) groups is 1. The summed E-state index contributed by atoms with van der Waals surface area (Å²) in [5, 5.41) is 3.44. The van der Waals surface area contributed by atoms with E-state index in [0.29, 0.717) is 17.5 Å². The van der Waals surface area contributed by atoms with Crippen LogP contribution in [-0.4, -0.2) is 29.0 Å². The van der Waals surface area contributed by atoms with E-state index in [1.807, 2.05) is 0 Å². The van der Waals surface area contributed by atoms with Crippen molar-refractivity contribution in [1.82, 2.24) is 10.2 Å². The molecule has 4 heteroatoms. The molecule has 1 aliphatic heterocycles. The molecule has 3 nitrogen and oxygen atoms in total. The highest BCUT2D eigenvalue weighted by Gasteiger charge is 2.15. The topological polar surface area (TPSA) is 32.3 Å². The van der Waals surface area contributed by atoms with Crippen LogP contribution in [0.4, 0.5) is 0 Å². The molecular weight excluding hydrogens is 220 g/mol. The third-order valence-electron chi connectivity index (χ3n) is 2.84. The predicted molar refractivity (Wildman–Crippen MR) is 70.2 cm³/mol. The van der Waals surface area contributed by atoms with Gasteiger partial charge in [0.1, 0.15) is 0 Å². The molecule has 0 spiro atoms. The van der Waals surface area contributed by atoms with Crippen LogP contribution in [0.1, 0.15) is 46.0 Å². The Morgan fingerprint density at radius 2 is 1.94 bits per heavy atom. The minimum atomic E-state index is 0.0595. The largest absolute Gasteiger partial charge is 0.349 e. The maximum absolute atomic E-state index is 11.6. The average molecular weight is 242 g/mol. The Morgan fingerprint density at radius 1 is 1.31 bits per heavy atom. The lowest BCUT2D eigenvalue weighted by Crippen LogP contribution is -2.44. The summed E-state index contributed by atoms with van der Waals surface area (Å²) in [6, 6.07) is 0. The molecule has 1 amide bonds. The van der Waals surface area contributed by atoms with Crippen molar-refractivity contribution in [1.29, 1.82) is 0 Å². The Bertz CT molecular complexity index is 247. The number of piperidine rings is 1. The van der Waals surface area contributed by atoms with Gasteiger partial charge in [-0.3, -0.25) is 4.79 Å². The van der Waals surface area contributed by atoms with Crippen LogP contribution in [0, 0.1) is 5.92 Å². The third kappa shape index (κ3) is 4.92. The van der Waals surface area contributed by atoms with Gasteiger partial charge in [0.25, 0.3) is 0 Å². The number of hydrogen-bond donors (Lipinski definition) is 1. The van der Waals surface area contributed by atoms with E-state index in [2.05, 4.69) is 24.1 Å². The number of likely N-dealkylation sites (tertiary alicyclic amines) is 1. The number of hydrogen-bond acceptors (Lipinski definition) is 2. The van der Waals surface area contributed by atoms with Crippen molar-refractivity contribution < 1.29 is 4.79 Å². The molecule has 0 aliphatic carbocycles. The molecule has 0 radical (unpaired) electrons. The van der Waals surface area contributed by atoms with Crippen molar-refractivity contribution in [3.8, 4) is 0 Å². The van der Waals surface area contributed by atoms with Gasteiger partial charge in [0.2, 0.25) is 5.91 Å². The highest BCUT2D eigenvalue weighted by atomic mass is 32.1. The number of nitrogens with one attached hydrogen (secondary N) is 1. The maximum Gasteiger partial charge on any atom is 0.226 e. The Balaban J connectivity index is 2.24. The second-order valence-corrected chi connectivity index (χ2v) is 5.22. The van der Waals surface area contributed by atoms with Crippen LogP contribution >= 0.6 is 12.2 Å². The molecule has 0 aromatic heterocycles. The molecule has 1 N–H and O–H groups in total. The van der Waals surface area contributed by atoms with Crippen molar-refractivity contribution >= 4 is 23.2 Å². The summed E-state index contributed by atoms with van der Waals surface area (Å²) in [6.45, 7) is 6.22. The normalized spacial score (nSPS) is 16.3. The van der Waals surface area contributed by atoms with Gasteiger partial charge >= 0.3 is 0 Å². The smallest absolute Gasteiger partial charge is 0.226 e. The van der Waals surface area contributed by atoms with E-state index in [0.717, 1.165) is 19.5 Å².